The molecule has 146 valence electrons. The van der Waals surface area contributed by atoms with E-state index >= 15 is 0 Å². The van der Waals surface area contributed by atoms with E-state index in [2.05, 4.69) is 20.0 Å². The monoisotopic (exact) mass is 418 g/mol. The lowest BCUT2D eigenvalue weighted by Crippen LogP contribution is -2.12. The van der Waals surface area contributed by atoms with E-state index in [9.17, 15) is 8.42 Å². The van der Waals surface area contributed by atoms with Gasteiger partial charge in [0.1, 0.15) is 11.6 Å². The summed E-state index contributed by atoms with van der Waals surface area (Å²) in [7, 11) is -3.69. The lowest BCUT2D eigenvalue weighted by molar-refractivity contribution is 0.325. The van der Waals surface area contributed by atoms with Crippen molar-refractivity contribution in [1.82, 2.24) is 9.97 Å². The van der Waals surface area contributed by atoms with Crippen molar-refractivity contribution in [1.29, 1.82) is 0 Å². The Kier molecular flexibility index (Phi) is 6.01. The van der Waals surface area contributed by atoms with Gasteiger partial charge in [-0.1, -0.05) is 11.6 Å². The minimum absolute atomic E-state index is 0.138. The van der Waals surface area contributed by atoms with Crippen LogP contribution in [0.3, 0.4) is 0 Å². The first kappa shape index (κ1) is 19.9. The summed E-state index contributed by atoms with van der Waals surface area (Å²) in [6.07, 6.45) is 0. The quantitative estimate of drug-likeness (QED) is 0.591. The first-order valence-corrected chi connectivity index (χ1v) is 10.4. The smallest absolute Gasteiger partial charge is 0.261 e. The minimum atomic E-state index is -3.69. The summed E-state index contributed by atoms with van der Waals surface area (Å²) in [4.78, 5) is 8.65. The third-order valence-electron chi connectivity index (χ3n) is 3.64. The number of ether oxygens (including phenoxy) is 1. The normalized spacial score (nSPS) is 11.1. The van der Waals surface area contributed by atoms with Crippen LogP contribution in [0.25, 0.3) is 0 Å². The molecule has 0 spiro atoms. The van der Waals surface area contributed by atoms with Crippen LogP contribution in [-0.4, -0.2) is 25.0 Å². The van der Waals surface area contributed by atoms with Crippen LogP contribution in [0.4, 0.5) is 17.2 Å². The highest BCUT2D eigenvalue weighted by molar-refractivity contribution is 7.92. The number of rotatable bonds is 7. The summed E-state index contributed by atoms with van der Waals surface area (Å²) in [5.41, 5.74) is 1.18. The molecule has 0 saturated carbocycles. The predicted molar refractivity (Wildman–Crippen MR) is 110 cm³/mol. The standard InChI is InChI=1S/C19H19ClN4O3S/c1-3-27-19-12-18(21-13(2)22-19)23-15-6-8-16(9-7-15)24-28(25,26)17-10-4-14(20)5-11-17/h4-12,24H,3H2,1-2H3,(H,21,22,23). The fourth-order valence-corrected chi connectivity index (χ4v) is 3.61. The van der Waals surface area contributed by atoms with Crippen LogP contribution < -0.4 is 14.8 Å². The molecule has 0 bridgehead atoms. The van der Waals surface area contributed by atoms with Crippen molar-refractivity contribution in [2.45, 2.75) is 18.7 Å². The number of benzene rings is 2. The zero-order valence-electron chi connectivity index (χ0n) is 15.3. The molecule has 0 unspecified atom stereocenters. The first-order valence-electron chi connectivity index (χ1n) is 8.49. The Hall–Kier alpha value is -2.84. The Morgan fingerprint density at radius 3 is 2.29 bits per heavy atom. The van der Waals surface area contributed by atoms with E-state index < -0.39 is 10.0 Å². The molecule has 1 heterocycles. The molecular formula is C19H19ClN4O3S. The van der Waals surface area contributed by atoms with Crippen molar-refractivity contribution in [3.63, 3.8) is 0 Å². The van der Waals surface area contributed by atoms with Crippen molar-refractivity contribution >= 4 is 38.8 Å². The van der Waals surface area contributed by atoms with Crippen molar-refractivity contribution in [3.05, 3.63) is 65.4 Å². The second kappa shape index (κ2) is 8.45. The van der Waals surface area contributed by atoms with E-state index in [1.807, 2.05) is 6.92 Å². The van der Waals surface area contributed by atoms with Crippen LogP contribution in [-0.2, 0) is 10.0 Å². The fraction of sp³-hybridized carbons (Fsp3) is 0.158. The highest BCUT2D eigenvalue weighted by atomic mass is 35.5. The number of aromatic nitrogens is 2. The largest absolute Gasteiger partial charge is 0.478 e. The Labute approximate surface area is 168 Å². The highest BCUT2D eigenvalue weighted by Gasteiger charge is 2.14. The molecule has 2 N–H and O–H groups in total. The average molecular weight is 419 g/mol. The Bertz CT molecular complexity index is 1060. The number of halogens is 1. The molecule has 0 saturated heterocycles. The van der Waals surface area contributed by atoms with Crippen LogP contribution in [0.1, 0.15) is 12.7 Å². The Morgan fingerprint density at radius 2 is 1.64 bits per heavy atom. The second-order valence-electron chi connectivity index (χ2n) is 5.83. The lowest BCUT2D eigenvalue weighted by Gasteiger charge is -2.11. The number of anilines is 3. The summed E-state index contributed by atoms with van der Waals surface area (Å²) in [6.45, 7) is 4.18. The predicted octanol–water partition coefficient (Wildman–Crippen LogP) is 4.38. The molecule has 0 aliphatic heterocycles. The number of hydrogen-bond donors (Lipinski definition) is 2. The third kappa shape index (κ3) is 5.11. The molecule has 0 atom stereocenters. The number of sulfonamides is 1. The molecule has 0 aliphatic carbocycles. The zero-order chi connectivity index (χ0) is 20.1. The van der Waals surface area contributed by atoms with E-state index in [0.29, 0.717) is 34.8 Å². The van der Waals surface area contributed by atoms with Gasteiger partial charge in [-0.25, -0.2) is 13.4 Å². The number of nitrogens with one attached hydrogen (secondary N) is 2. The maximum Gasteiger partial charge on any atom is 0.261 e. The molecule has 7 nitrogen and oxygen atoms in total. The lowest BCUT2D eigenvalue weighted by atomic mass is 10.3. The molecule has 0 fully saturated rings. The number of aryl methyl sites for hydroxylation is 1. The molecule has 1 aromatic heterocycles. The van der Waals surface area contributed by atoms with E-state index in [1.165, 1.54) is 24.3 Å². The van der Waals surface area contributed by atoms with Gasteiger partial charge in [0.25, 0.3) is 10.0 Å². The SMILES string of the molecule is CCOc1cc(Nc2ccc(NS(=O)(=O)c3ccc(Cl)cc3)cc2)nc(C)n1. The van der Waals surface area contributed by atoms with Gasteiger partial charge in [0.2, 0.25) is 5.88 Å². The van der Waals surface area contributed by atoms with E-state index in [1.54, 1.807) is 37.3 Å². The van der Waals surface area contributed by atoms with Crippen molar-refractivity contribution in [2.75, 3.05) is 16.6 Å². The van der Waals surface area contributed by atoms with Crippen LogP contribution in [0.15, 0.2) is 59.5 Å². The maximum absolute atomic E-state index is 12.4. The van der Waals surface area contributed by atoms with Gasteiger partial charge in [-0.3, -0.25) is 4.72 Å². The molecule has 0 aliphatic rings. The molecule has 0 radical (unpaired) electrons. The van der Waals surface area contributed by atoms with Crippen LogP contribution in [0.2, 0.25) is 5.02 Å². The molecule has 3 rings (SSSR count). The van der Waals surface area contributed by atoms with Gasteiger partial charge in [-0.2, -0.15) is 4.98 Å². The second-order valence-corrected chi connectivity index (χ2v) is 7.95. The minimum Gasteiger partial charge on any atom is -0.478 e. The molecule has 3 aromatic rings. The summed E-state index contributed by atoms with van der Waals surface area (Å²) in [5.74, 6) is 1.66. The molecule has 9 heteroatoms. The van der Waals surface area contributed by atoms with Crippen LogP contribution in [0.5, 0.6) is 5.88 Å². The van der Waals surface area contributed by atoms with Gasteiger partial charge in [0.15, 0.2) is 0 Å². The van der Waals surface area contributed by atoms with E-state index in [0.717, 1.165) is 5.69 Å². The molecular weight excluding hydrogens is 400 g/mol. The zero-order valence-corrected chi connectivity index (χ0v) is 16.9. The van der Waals surface area contributed by atoms with Crippen molar-refractivity contribution < 1.29 is 13.2 Å². The molecule has 2 aromatic carbocycles. The van der Waals surface area contributed by atoms with Gasteiger partial charge in [0, 0.05) is 22.5 Å². The van der Waals surface area contributed by atoms with Gasteiger partial charge < -0.3 is 10.1 Å². The highest BCUT2D eigenvalue weighted by Crippen LogP contribution is 2.22. The van der Waals surface area contributed by atoms with E-state index in [-0.39, 0.29) is 4.90 Å². The summed E-state index contributed by atoms with van der Waals surface area (Å²) < 4.78 is 32.8. The van der Waals surface area contributed by atoms with Gasteiger partial charge in [-0.05, 0) is 62.4 Å². The van der Waals surface area contributed by atoms with Crippen LogP contribution in [0, 0.1) is 6.92 Å². The molecule has 28 heavy (non-hydrogen) atoms. The molecule has 0 amide bonds. The Morgan fingerprint density at radius 1 is 1.00 bits per heavy atom. The number of nitrogens with zero attached hydrogens (tertiary/aromatic N) is 2. The fourth-order valence-electron chi connectivity index (χ4n) is 2.42. The topological polar surface area (TPSA) is 93.2 Å². The summed E-state index contributed by atoms with van der Waals surface area (Å²) in [5, 5.41) is 3.62. The van der Waals surface area contributed by atoms with Gasteiger partial charge in [-0.15, -0.1) is 0 Å². The van der Waals surface area contributed by atoms with E-state index in [4.69, 9.17) is 16.3 Å². The van der Waals surface area contributed by atoms with Gasteiger partial charge >= 0.3 is 0 Å². The van der Waals surface area contributed by atoms with Crippen molar-refractivity contribution in [2.24, 2.45) is 0 Å². The van der Waals surface area contributed by atoms with Crippen LogP contribution >= 0.6 is 11.6 Å². The number of hydrogen-bond acceptors (Lipinski definition) is 6. The third-order valence-corrected chi connectivity index (χ3v) is 5.29. The van der Waals surface area contributed by atoms with Gasteiger partial charge in [0.05, 0.1) is 11.5 Å². The van der Waals surface area contributed by atoms with Crippen molar-refractivity contribution in [3.8, 4) is 5.88 Å². The average Bonchev–Trinajstić information content (AvgIpc) is 2.63. The maximum atomic E-state index is 12.4. The Balaban J connectivity index is 1.72. The summed E-state index contributed by atoms with van der Waals surface area (Å²) >= 11 is 5.80. The first-order chi connectivity index (χ1) is 13.4. The summed E-state index contributed by atoms with van der Waals surface area (Å²) in [6, 6.07) is 14.5.